The molecule has 0 unspecified atom stereocenters. The van der Waals surface area contributed by atoms with Gasteiger partial charge < -0.3 is 20.3 Å². The monoisotopic (exact) mass is 360 g/mol. The summed E-state index contributed by atoms with van der Waals surface area (Å²) >= 11 is 0. The molecule has 26 heavy (non-hydrogen) atoms. The van der Waals surface area contributed by atoms with E-state index in [2.05, 4.69) is 32.7 Å². The largest absolute Gasteiger partial charge is 0.381 e. The fraction of sp³-hybridized carbons (Fsp3) is 0.600. The van der Waals surface area contributed by atoms with E-state index >= 15 is 0 Å². The van der Waals surface area contributed by atoms with Gasteiger partial charge >= 0.3 is 0 Å². The van der Waals surface area contributed by atoms with Crippen molar-refractivity contribution in [2.75, 3.05) is 46.9 Å². The molecule has 1 aromatic rings. The summed E-state index contributed by atoms with van der Waals surface area (Å²) in [5.74, 6) is 1.47. The van der Waals surface area contributed by atoms with Crippen molar-refractivity contribution < 1.29 is 9.53 Å². The third-order valence-electron chi connectivity index (χ3n) is 4.77. The number of aliphatic imine (C=N–C) groups is 1. The highest BCUT2D eigenvalue weighted by Crippen LogP contribution is 2.18. The summed E-state index contributed by atoms with van der Waals surface area (Å²) in [4.78, 5) is 18.4. The van der Waals surface area contributed by atoms with Crippen LogP contribution in [0, 0.1) is 5.92 Å². The Bertz CT molecular complexity index is 556. The molecule has 2 rings (SSSR count). The summed E-state index contributed by atoms with van der Waals surface area (Å²) in [7, 11) is 3.77. The van der Waals surface area contributed by atoms with Gasteiger partial charge in [0.25, 0.3) is 0 Å². The number of nitrogens with one attached hydrogen (secondary N) is 2. The molecule has 2 N–H and O–H groups in total. The SMILES string of the molecule is CN=C(NCC(=O)NCCc1ccccc1)N(C)CCC1CCOCC1. The van der Waals surface area contributed by atoms with Crippen molar-refractivity contribution in [1.29, 1.82) is 0 Å². The number of nitrogens with zero attached hydrogens (tertiary/aromatic N) is 2. The lowest BCUT2D eigenvalue weighted by atomic mass is 9.96. The smallest absolute Gasteiger partial charge is 0.239 e. The highest BCUT2D eigenvalue weighted by atomic mass is 16.5. The van der Waals surface area contributed by atoms with E-state index in [-0.39, 0.29) is 12.5 Å². The topological polar surface area (TPSA) is 66.0 Å². The number of hydrogen-bond acceptors (Lipinski definition) is 3. The van der Waals surface area contributed by atoms with E-state index in [1.54, 1.807) is 7.05 Å². The van der Waals surface area contributed by atoms with E-state index in [1.807, 2.05) is 25.2 Å². The maximum atomic E-state index is 12.0. The minimum absolute atomic E-state index is 0.0140. The zero-order valence-corrected chi connectivity index (χ0v) is 16.0. The number of ether oxygens (including phenoxy) is 1. The van der Waals surface area contributed by atoms with Crippen LogP contribution in [0.5, 0.6) is 0 Å². The van der Waals surface area contributed by atoms with Gasteiger partial charge in [0.1, 0.15) is 0 Å². The summed E-state index contributed by atoms with van der Waals surface area (Å²) in [5, 5.41) is 6.09. The number of rotatable bonds is 8. The quantitative estimate of drug-likeness (QED) is 0.547. The van der Waals surface area contributed by atoms with Crippen LogP contribution in [0.1, 0.15) is 24.8 Å². The molecule has 6 heteroatoms. The van der Waals surface area contributed by atoms with Gasteiger partial charge in [0.05, 0.1) is 6.54 Å². The highest BCUT2D eigenvalue weighted by Gasteiger charge is 2.15. The zero-order chi connectivity index (χ0) is 18.6. The van der Waals surface area contributed by atoms with Crippen molar-refractivity contribution in [3.63, 3.8) is 0 Å². The highest BCUT2D eigenvalue weighted by molar-refractivity contribution is 5.86. The summed E-state index contributed by atoms with van der Waals surface area (Å²) in [6, 6.07) is 10.2. The summed E-state index contributed by atoms with van der Waals surface area (Å²) in [6.07, 6.45) is 4.25. The average molecular weight is 361 g/mol. The zero-order valence-electron chi connectivity index (χ0n) is 16.0. The first-order valence-corrected chi connectivity index (χ1v) is 9.49. The number of amides is 1. The maximum absolute atomic E-state index is 12.0. The molecule has 0 aromatic heterocycles. The van der Waals surface area contributed by atoms with Crippen LogP contribution in [-0.2, 0) is 16.0 Å². The lowest BCUT2D eigenvalue weighted by Crippen LogP contribution is -2.44. The lowest BCUT2D eigenvalue weighted by Gasteiger charge is -2.26. The van der Waals surface area contributed by atoms with Crippen LogP contribution in [-0.4, -0.2) is 63.7 Å². The molecule has 1 heterocycles. The van der Waals surface area contributed by atoms with Gasteiger partial charge in [0, 0.05) is 40.4 Å². The molecular weight excluding hydrogens is 328 g/mol. The maximum Gasteiger partial charge on any atom is 0.239 e. The van der Waals surface area contributed by atoms with Crippen molar-refractivity contribution in [1.82, 2.24) is 15.5 Å². The molecule has 1 saturated heterocycles. The summed E-state index contributed by atoms with van der Waals surface area (Å²) in [5.41, 5.74) is 1.23. The van der Waals surface area contributed by atoms with Crippen LogP contribution in [0.25, 0.3) is 0 Å². The van der Waals surface area contributed by atoms with Crippen LogP contribution < -0.4 is 10.6 Å². The van der Waals surface area contributed by atoms with Gasteiger partial charge in [-0.1, -0.05) is 30.3 Å². The molecule has 0 aliphatic carbocycles. The molecule has 0 saturated carbocycles. The molecule has 1 aliphatic rings. The van der Waals surface area contributed by atoms with E-state index in [9.17, 15) is 4.79 Å². The van der Waals surface area contributed by atoms with Crippen LogP contribution in [0.3, 0.4) is 0 Å². The standard InChI is InChI=1S/C20H32N4O2/c1-21-20(24(2)13-9-18-10-14-26-15-11-18)23-16-19(25)22-12-8-17-6-4-3-5-7-17/h3-7,18H,8-16H2,1-2H3,(H,21,23)(H,22,25). The molecule has 1 amide bonds. The van der Waals surface area contributed by atoms with E-state index in [1.165, 1.54) is 5.56 Å². The Morgan fingerprint density at radius 2 is 1.96 bits per heavy atom. The van der Waals surface area contributed by atoms with Crippen LogP contribution in [0.15, 0.2) is 35.3 Å². The first-order chi connectivity index (χ1) is 12.7. The molecular formula is C20H32N4O2. The molecule has 1 aliphatic heterocycles. The molecule has 0 spiro atoms. The number of guanidine groups is 1. The minimum Gasteiger partial charge on any atom is -0.381 e. The third kappa shape index (κ3) is 7.44. The Hall–Kier alpha value is -2.08. The Labute approximate surface area is 157 Å². The van der Waals surface area contributed by atoms with Crippen molar-refractivity contribution in [3.8, 4) is 0 Å². The van der Waals surface area contributed by atoms with Crippen molar-refractivity contribution in [3.05, 3.63) is 35.9 Å². The first kappa shape index (κ1) is 20.2. The van der Waals surface area contributed by atoms with Crippen LogP contribution in [0.4, 0.5) is 0 Å². The van der Waals surface area contributed by atoms with Crippen molar-refractivity contribution in [2.24, 2.45) is 10.9 Å². The van der Waals surface area contributed by atoms with Crippen molar-refractivity contribution in [2.45, 2.75) is 25.7 Å². The van der Waals surface area contributed by atoms with Gasteiger partial charge in [-0.25, -0.2) is 0 Å². The lowest BCUT2D eigenvalue weighted by molar-refractivity contribution is -0.120. The first-order valence-electron chi connectivity index (χ1n) is 9.49. The predicted octanol–water partition coefficient (Wildman–Crippen LogP) is 1.67. The van der Waals surface area contributed by atoms with Gasteiger partial charge in [-0.05, 0) is 37.2 Å². The number of benzene rings is 1. The number of carbonyl (C=O) groups excluding carboxylic acids is 1. The Balaban J connectivity index is 1.62. The molecule has 0 atom stereocenters. The Kier molecular flexibility index (Phi) is 8.96. The van der Waals surface area contributed by atoms with Gasteiger partial charge in [0.2, 0.25) is 5.91 Å². The van der Waals surface area contributed by atoms with Gasteiger partial charge in [0.15, 0.2) is 5.96 Å². The molecule has 0 bridgehead atoms. The molecule has 6 nitrogen and oxygen atoms in total. The summed E-state index contributed by atoms with van der Waals surface area (Å²) in [6.45, 7) is 3.57. The fourth-order valence-electron chi connectivity index (χ4n) is 3.11. The van der Waals surface area contributed by atoms with E-state index in [4.69, 9.17) is 4.74 Å². The Morgan fingerprint density at radius 1 is 1.23 bits per heavy atom. The van der Waals surface area contributed by atoms with Crippen molar-refractivity contribution >= 4 is 11.9 Å². The van der Waals surface area contributed by atoms with Gasteiger partial charge in [-0.15, -0.1) is 0 Å². The fourth-order valence-corrected chi connectivity index (χ4v) is 3.11. The van der Waals surface area contributed by atoms with Crippen LogP contribution >= 0.6 is 0 Å². The van der Waals surface area contributed by atoms with E-state index in [0.29, 0.717) is 6.54 Å². The average Bonchev–Trinajstić information content (AvgIpc) is 2.68. The number of carbonyl (C=O) groups is 1. The second-order valence-corrected chi connectivity index (χ2v) is 6.75. The van der Waals surface area contributed by atoms with E-state index in [0.717, 1.165) is 57.3 Å². The second-order valence-electron chi connectivity index (χ2n) is 6.75. The minimum atomic E-state index is -0.0140. The van der Waals surface area contributed by atoms with Gasteiger partial charge in [-0.3, -0.25) is 9.79 Å². The third-order valence-corrected chi connectivity index (χ3v) is 4.77. The van der Waals surface area contributed by atoms with E-state index < -0.39 is 0 Å². The molecule has 1 fully saturated rings. The summed E-state index contributed by atoms with van der Waals surface area (Å²) < 4.78 is 5.41. The molecule has 144 valence electrons. The predicted molar refractivity (Wildman–Crippen MR) is 105 cm³/mol. The second kappa shape index (κ2) is 11.5. The van der Waals surface area contributed by atoms with Gasteiger partial charge in [-0.2, -0.15) is 0 Å². The molecule has 0 radical (unpaired) electrons. The Morgan fingerprint density at radius 3 is 2.65 bits per heavy atom. The normalized spacial score (nSPS) is 15.5. The van der Waals surface area contributed by atoms with Crippen LogP contribution in [0.2, 0.25) is 0 Å². The molecule has 1 aromatic carbocycles. The number of hydrogen-bond donors (Lipinski definition) is 2.